The van der Waals surface area contributed by atoms with E-state index in [2.05, 4.69) is 10.3 Å². The predicted octanol–water partition coefficient (Wildman–Crippen LogP) is 4.09. The smallest absolute Gasteiger partial charge is 0.253 e. The van der Waals surface area contributed by atoms with Crippen LogP contribution in [0.3, 0.4) is 0 Å². The molecule has 0 aliphatic heterocycles. The van der Waals surface area contributed by atoms with Crippen molar-refractivity contribution < 1.29 is 14.3 Å². The van der Waals surface area contributed by atoms with Crippen LogP contribution in [0.1, 0.15) is 23.0 Å². The van der Waals surface area contributed by atoms with Crippen LogP contribution in [0.15, 0.2) is 53.9 Å². The minimum Gasteiger partial charge on any atom is -0.493 e. The summed E-state index contributed by atoms with van der Waals surface area (Å²) in [5.41, 5.74) is 2.84. The number of anilines is 1. The van der Waals surface area contributed by atoms with Crippen LogP contribution in [0.25, 0.3) is 10.6 Å². The van der Waals surface area contributed by atoms with Crippen LogP contribution in [0.4, 0.5) is 5.69 Å². The van der Waals surface area contributed by atoms with Crippen LogP contribution in [0.5, 0.6) is 5.75 Å². The molecule has 3 aromatic rings. The topological polar surface area (TPSA) is 71.5 Å². The number of hydrogen-bond donors (Lipinski definition) is 1. The van der Waals surface area contributed by atoms with E-state index < -0.39 is 0 Å². The van der Waals surface area contributed by atoms with Gasteiger partial charge < -0.3 is 15.0 Å². The lowest BCUT2D eigenvalue weighted by atomic mass is 10.2. The highest BCUT2D eigenvalue weighted by molar-refractivity contribution is 7.13. The number of para-hydroxylation sites is 1. The number of carbonyl (C=O) groups is 2. The molecule has 7 heteroatoms. The molecule has 0 atom stereocenters. The van der Waals surface area contributed by atoms with E-state index in [0.29, 0.717) is 23.6 Å². The summed E-state index contributed by atoms with van der Waals surface area (Å²) in [4.78, 5) is 30.4. The van der Waals surface area contributed by atoms with Crippen molar-refractivity contribution in [2.24, 2.45) is 0 Å². The predicted molar refractivity (Wildman–Crippen MR) is 116 cm³/mol. The first kappa shape index (κ1) is 20.5. The molecule has 2 amide bonds. The zero-order valence-corrected chi connectivity index (χ0v) is 17.5. The van der Waals surface area contributed by atoms with Crippen LogP contribution in [0.2, 0.25) is 0 Å². The molecule has 0 aliphatic rings. The summed E-state index contributed by atoms with van der Waals surface area (Å²) in [5.74, 6) is 0.546. The number of amides is 2. The van der Waals surface area contributed by atoms with E-state index in [0.717, 1.165) is 16.3 Å². The van der Waals surface area contributed by atoms with Gasteiger partial charge in [-0.2, -0.15) is 0 Å². The molecule has 0 saturated carbocycles. The Labute approximate surface area is 174 Å². The van der Waals surface area contributed by atoms with Crippen molar-refractivity contribution in [3.63, 3.8) is 0 Å². The molecule has 29 heavy (non-hydrogen) atoms. The number of benzene rings is 2. The van der Waals surface area contributed by atoms with Gasteiger partial charge in [0.05, 0.1) is 24.3 Å². The van der Waals surface area contributed by atoms with E-state index in [4.69, 9.17) is 4.74 Å². The molecule has 0 bridgehead atoms. The average Bonchev–Trinajstić information content (AvgIpc) is 3.16. The van der Waals surface area contributed by atoms with Gasteiger partial charge in [0.1, 0.15) is 10.8 Å². The SMILES string of the molecule is CCOc1ccccc1-c1nc(CC(=O)Nc2ccc(C(=O)N(C)C)cc2)cs1. The quantitative estimate of drug-likeness (QED) is 0.638. The molecule has 1 N–H and O–H groups in total. The summed E-state index contributed by atoms with van der Waals surface area (Å²) in [6.45, 7) is 2.52. The van der Waals surface area contributed by atoms with Gasteiger partial charge in [0.15, 0.2) is 0 Å². The fraction of sp³-hybridized carbons (Fsp3) is 0.227. The van der Waals surface area contributed by atoms with Gasteiger partial charge in [0.25, 0.3) is 5.91 Å². The normalized spacial score (nSPS) is 10.4. The molecule has 1 aromatic heterocycles. The summed E-state index contributed by atoms with van der Waals surface area (Å²) >= 11 is 1.49. The van der Waals surface area contributed by atoms with Crippen molar-refractivity contribution in [2.75, 3.05) is 26.0 Å². The first-order valence-corrected chi connectivity index (χ1v) is 10.1. The van der Waals surface area contributed by atoms with Gasteiger partial charge in [0.2, 0.25) is 5.91 Å². The number of ether oxygens (including phenoxy) is 1. The van der Waals surface area contributed by atoms with E-state index >= 15 is 0 Å². The maximum absolute atomic E-state index is 12.4. The summed E-state index contributed by atoms with van der Waals surface area (Å²) < 4.78 is 5.66. The van der Waals surface area contributed by atoms with Crippen molar-refractivity contribution >= 4 is 28.8 Å². The highest BCUT2D eigenvalue weighted by Crippen LogP contribution is 2.32. The maximum Gasteiger partial charge on any atom is 0.253 e. The molecule has 0 spiro atoms. The van der Waals surface area contributed by atoms with E-state index in [1.807, 2.05) is 36.6 Å². The monoisotopic (exact) mass is 409 g/mol. The first-order chi connectivity index (χ1) is 14.0. The lowest BCUT2D eigenvalue weighted by Crippen LogP contribution is -2.21. The number of thiazole rings is 1. The Kier molecular flexibility index (Phi) is 6.61. The second kappa shape index (κ2) is 9.34. The zero-order valence-electron chi connectivity index (χ0n) is 16.6. The maximum atomic E-state index is 12.4. The number of carbonyl (C=O) groups excluding carboxylic acids is 2. The molecule has 0 aliphatic carbocycles. The summed E-state index contributed by atoms with van der Waals surface area (Å²) in [6.07, 6.45) is 0.172. The van der Waals surface area contributed by atoms with E-state index in [1.54, 1.807) is 38.4 Å². The second-order valence-corrected chi connectivity index (χ2v) is 7.43. The highest BCUT2D eigenvalue weighted by Gasteiger charge is 2.13. The Morgan fingerprint density at radius 1 is 1.10 bits per heavy atom. The summed E-state index contributed by atoms with van der Waals surface area (Å²) in [5, 5.41) is 5.55. The number of rotatable bonds is 7. The zero-order chi connectivity index (χ0) is 20.8. The van der Waals surface area contributed by atoms with Gasteiger partial charge in [-0.3, -0.25) is 9.59 Å². The molecule has 2 aromatic carbocycles. The Balaban J connectivity index is 1.64. The standard InChI is InChI=1S/C22H23N3O3S/c1-4-28-19-8-6-5-7-18(19)21-24-17(14-29-21)13-20(26)23-16-11-9-15(10-12-16)22(27)25(2)3/h5-12,14H,4,13H2,1-3H3,(H,23,26). The molecule has 0 fully saturated rings. The molecule has 6 nitrogen and oxygen atoms in total. The van der Waals surface area contributed by atoms with Gasteiger partial charge in [-0.05, 0) is 43.3 Å². The Bertz CT molecular complexity index is 997. The Morgan fingerprint density at radius 3 is 2.52 bits per heavy atom. The molecule has 0 saturated heterocycles. The Hall–Kier alpha value is -3.19. The average molecular weight is 410 g/mol. The molecule has 150 valence electrons. The third-order valence-corrected chi connectivity index (χ3v) is 5.06. The van der Waals surface area contributed by atoms with Crippen LogP contribution in [-0.4, -0.2) is 42.4 Å². The van der Waals surface area contributed by atoms with Crippen molar-refractivity contribution in [3.8, 4) is 16.3 Å². The van der Waals surface area contributed by atoms with Gasteiger partial charge in [-0.1, -0.05) is 12.1 Å². The van der Waals surface area contributed by atoms with Crippen LogP contribution in [0, 0.1) is 0 Å². The van der Waals surface area contributed by atoms with Crippen molar-refractivity contribution in [1.29, 1.82) is 0 Å². The minimum absolute atomic E-state index is 0.0785. The van der Waals surface area contributed by atoms with Crippen molar-refractivity contribution in [2.45, 2.75) is 13.3 Å². The summed E-state index contributed by atoms with van der Waals surface area (Å²) in [7, 11) is 3.40. The molecular formula is C22H23N3O3S. The van der Waals surface area contributed by atoms with Crippen LogP contribution in [-0.2, 0) is 11.2 Å². The second-order valence-electron chi connectivity index (χ2n) is 6.58. The van der Waals surface area contributed by atoms with E-state index in [-0.39, 0.29) is 18.2 Å². The number of nitrogens with zero attached hydrogens (tertiary/aromatic N) is 2. The highest BCUT2D eigenvalue weighted by atomic mass is 32.1. The fourth-order valence-corrected chi connectivity index (χ4v) is 3.61. The van der Waals surface area contributed by atoms with Gasteiger partial charge in [0, 0.05) is 30.7 Å². The molecule has 0 radical (unpaired) electrons. The van der Waals surface area contributed by atoms with E-state index in [9.17, 15) is 9.59 Å². The first-order valence-electron chi connectivity index (χ1n) is 9.26. The molecule has 1 heterocycles. The third-order valence-electron chi connectivity index (χ3n) is 4.13. The largest absolute Gasteiger partial charge is 0.493 e. The lowest BCUT2D eigenvalue weighted by molar-refractivity contribution is -0.115. The summed E-state index contributed by atoms with van der Waals surface area (Å²) in [6, 6.07) is 14.6. The van der Waals surface area contributed by atoms with E-state index in [1.165, 1.54) is 16.2 Å². The van der Waals surface area contributed by atoms with Gasteiger partial charge >= 0.3 is 0 Å². The molecule has 3 rings (SSSR count). The van der Waals surface area contributed by atoms with Crippen molar-refractivity contribution in [1.82, 2.24) is 9.88 Å². The lowest BCUT2D eigenvalue weighted by Gasteiger charge is -2.10. The number of nitrogens with one attached hydrogen (secondary N) is 1. The number of aromatic nitrogens is 1. The third kappa shape index (κ3) is 5.20. The fourth-order valence-electron chi connectivity index (χ4n) is 2.76. The van der Waals surface area contributed by atoms with Gasteiger partial charge in [-0.15, -0.1) is 11.3 Å². The molecule has 0 unspecified atom stereocenters. The van der Waals surface area contributed by atoms with Crippen LogP contribution >= 0.6 is 11.3 Å². The van der Waals surface area contributed by atoms with Gasteiger partial charge in [-0.25, -0.2) is 4.98 Å². The van der Waals surface area contributed by atoms with Crippen molar-refractivity contribution in [3.05, 3.63) is 65.2 Å². The number of hydrogen-bond acceptors (Lipinski definition) is 5. The molecular weight excluding hydrogens is 386 g/mol. The van der Waals surface area contributed by atoms with Crippen LogP contribution < -0.4 is 10.1 Å². The minimum atomic E-state index is -0.161. The Morgan fingerprint density at radius 2 is 1.83 bits per heavy atom.